The number of rotatable bonds is 3. The van der Waals surface area contributed by atoms with Crippen LogP contribution in [0.5, 0.6) is 0 Å². The minimum atomic E-state index is -1.09. The van der Waals surface area contributed by atoms with Crippen molar-refractivity contribution in [2.45, 2.75) is 19.4 Å². The Morgan fingerprint density at radius 1 is 1.04 bits per heavy atom. The Kier molecular flexibility index (Phi) is 4.27. The summed E-state index contributed by atoms with van der Waals surface area (Å²) in [6.45, 7) is 2.85. The maximum atomic E-state index is 12.7. The minimum Gasteiger partial charge on any atom is -0.452 e. The number of para-hydroxylation sites is 2. The van der Waals surface area contributed by atoms with Crippen LogP contribution in [0.3, 0.4) is 0 Å². The molecule has 1 N–H and O–H groups in total. The molecule has 2 amide bonds. The third-order valence-corrected chi connectivity index (χ3v) is 4.09. The van der Waals surface area contributed by atoms with Gasteiger partial charge in [0.15, 0.2) is 6.61 Å². The lowest BCUT2D eigenvalue weighted by Gasteiger charge is -2.41. The Morgan fingerprint density at radius 3 is 2.40 bits per heavy atom. The zero-order valence-corrected chi connectivity index (χ0v) is 14.0. The SMILES string of the molecule is CC1(C)C(=O)Nc2ccccc2N1C(=O)COC(=O)c1ccccc1. The molecule has 0 bridgehead atoms. The van der Waals surface area contributed by atoms with Gasteiger partial charge < -0.3 is 10.1 Å². The molecule has 0 saturated carbocycles. The highest BCUT2D eigenvalue weighted by atomic mass is 16.5. The number of carbonyl (C=O) groups excluding carboxylic acids is 3. The molecule has 0 aliphatic carbocycles. The van der Waals surface area contributed by atoms with Crippen LogP contribution in [-0.2, 0) is 14.3 Å². The van der Waals surface area contributed by atoms with Crippen molar-refractivity contribution in [3.8, 4) is 0 Å². The van der Waals surface area contributed by atoms with Gasteiger partial charge in [0.05, 0.1) is 16.9 Å². The van der Waals surface area contributed by atoms with Gasteiger partial charge in [-0.05, 0) is 38.1 Å². The van der Waals surface area contributed by atoms with Gasteiger partial charge in [0, 0.05) is 0 Å². The molecule has 2 aromatic rings. The molecule has 6 heteroatoms. The fourth-order valence-electron chi connectivity index (χ4n) is 2.75. The summed E-state index contributed by atoms with van der Waals surface area (Å²) < 4.78 is 5.12. The van der Waals surface area contributed by atoms with Crippen molar-refractivity contribution in [1.82, 2.24) is 0 Å². The molecular formula is C19H18N2O4. The van der Waals surface area contributed by atoms with E-state index in [0.29, 0.717) is 16.9 Å². The van der Waals surface area contributed by atoms with E-state index in [1.165, 1.54) is 4.90 Å². The van der Waals surface area contributed by atoms with Gasteiger partial charge in [-0.1, -0.05) is 30.3 Å². The molecule has 6 nitrogen and oxygen atoms in total. The van der Waals surface area contributed by atoms with Crippen molar-refractivity contribution in [2.24, 2.45) is 0 Å². The average molecular weight is 338 g/mol. The van der Waals surface area contributed by atoms with Gasteiger partial charge in [-0.2, -0.15) is 0 Å². The largest absolute Gasteiger partial charge is 0.452 e. The molecule has 25 heavy (non-hydrogen) atoms. The van der Waals surface area contributed by atoms with E-state index < -0.39 is 24.0 Å². The number of benzene rings is 2. The summed E-state index contributed by atoms with van der Waals surface area (Å²) in [5.41, 5.74) is 0.402. The van der Waals surface area contributed by atoms with Crippen molar-refractivity contribution in [3.63, 3.8) is 0 Å². The molecule has 1 aliphatic rings. The van der Waals surface area contributed by atoms with Crippen LogP contribution in [0.4, 0.5) is 11.4 Å². The molecule has 1 aliphatic heterocycles. The van der Waals surface area contributed by atoms with Crippen LogP contribution in [-0.4, -0.2) is 29.9 Å². The van der Waals surface area contributed by atoms with Gasteiger partial charge in [-0.3, -0.25) is 14.5 Å². The number of hydrogen-bond donors (Lipinski definition) is 1. The number of nitrogens with zero attached hydrogens (tertiary/aromatic N) is 1. The van der Waals surface area contributed by atoms with Crippen LogP contribution in [0.2, 0.25) is 0 Å². The summed E-state index contributed by atoms with van der Waals surface area (Å²) in [7, 11) is 0. The van der Waals surface area contributed by atoms with Gasteiger partial charge in [0.1, 0.15) is 5.54 Å². The smallest absolute Gasteiger partial charge is 0.338 e. The van der Waals surface area contributed by atoms with Crippen molar-refractivity contribution >= 4 is 29.2 Å². The molecular weight excluding hydrogens is 320 g/mol. The number of hydrogen-bond acceptors (Lipinski definition) is 4. The van der Waals surface area contributed by atoms with Crippen molar-refractivity contribution < 1.29 is 19.1 Å². The number of carbonyl (C=O) groups is 3. The first-order chi connectivity index (χ1) is 11.9. The fraction of sp³-hybridized carbons (Fsp3) is 0.211. The highest BCUT2D eigenvalue weighted by molar-refractivity contribution is 6.14. The average Bonchev–Trinajstić information content (AvgIpc) is 2.61. The van der Waals surface area contributed by atoms with E-state index in [0.717, 1.165) is 0 Å². The van der Waals surface area contributed by atoms with Crippen LogP contribution in [0, 0.1) is 0 Å². The van der Waals surface area contributed by atoms with E-state index in [2.05, 4.69) is 5.32 Å². The molecule has 0 radical (unpaired) electrons. The van der Waals surface area contributed by atoms with E-state index >= 15 is 0 Å². The van der Waals surface area contributed by atoms with Gasteiger partial charge in [0.2, 0.25) is 5.91 Å². The van der Waals surface area contributed by atoms with Crippen LogP contribution in [0.15, 0.2) is 54.6 Å². The van der Waals surface area contributed by atoms with E-state index in [1.54, 1.807) is 68.4 Å². The summed E-state index contributed by atoms with van der Waals surface area (Å²) >= 11 is 0. The third-order valence-electron chi connectivity index (χ3n) is 4.09. The Morgan fingerprint density at radius 2 is 1.68 bits per heavy atom. The van der Waals surface area contributed by atoms with Crippen LogP contribution in [0.25, 0.3) is 0 Å². The zero-order valence-electron chi connectivity index (χ0n) is 14.0. The number of esters is 1. The maximum Gasteiger partial charge on any atom is 0.338 e. The normalized spacial score (nSPS) is 15.1. The Labute approximate surface area is 145 Å². The van der Waals surface area contributed by atoms with E-state index in [-0.39, 0.29) is 5.91 Å². The summed E-state index contributed by atoms with van der Waals surface area (Å²) in [6.07, 6.45) is 0. The summed E-state index contributed by atoms with van der Waals surface area (Å²) in [5, 5.41) is 2.79. The molecule has 1 heterocycles. The van der Waals surface area contributed by atoms with Gasteiger partial charge in [-0.25, -0.2) is 4.79 Å². The van der Waals surface area contributed by atoms with Gasteiger partial charge >= 0.3 is 5.97 Å². The van der Waals surface area contributed by atoms with Crippen LogP contribution < -0.4 is 10.2 Å². The number of fused-ring (bicyclic) bond motifs is 1. The predicted octanol–water partition coefficient (Wildman–Crippen LogP) is 2.61. The first-order valence-corrected chi connectivity index (χ1v) is 7.87. The Bertz CT molecular complexity index is 830. The summed E-state index contributed by atoms with van der Waals surface area (Å²) in [4.78, 5) is 38.5. The number of ether oxygens (including phenoxy) is 1. The standard InChI is InChI=1S/C19H18N2O4/c1-19(2)18(24)20-14-10-6-7-11-15(14)21(19)16(22)12-25-17(23)13-8-4-3-5-9-13/h3-11H,12H2,1-2H3,(H,20,24). The van der Waals surface area contributed by atoms with Crippen molar-refractivity contribution in [1.29, 1.82) is 0 Å². The van der Waals surface area contributed by atoms with Crippen LogP contribution >= 0.6 is 0 Å². The number of nitrogens with one attached hydrogen (secondary N) is 1. The minimum absolute atomic E-state index is 0.297. The van der Waals surface area contributed by atoms with Crippen molar-refractivity contribution in [3.05, 3.63) is 60.2 Å². The molecule has 3 rings (SSSR count). The molecule has 0 spiro atoms. The van der Waals surface area contributed by atoms with E-state index in [1.807, 2.05) is 0 Å². The maximum absolute atomic E-state index is 12.7. The second kappa shape index (κ2) is 6.39. The Hall–Kier alpha value is -3.15. The van der Waals surface area contributed by atoms with Gasteiger partial charge in [-0.15, -0.1) is 0 Å². The molecule has 0 saturated heterocycles. The summed E-state index contributed by atoms with van der Waals surface area (Å²) in [5.74, 6) is -1.34. The predicted molar refractivity (Wildman–Crippen MR) is 93.4 cm³/mol. The zero-order chi connectivity index (χ0) is 18.0. The Balaban J connectivity index is 1.81. The first kappa shape index (κ1) is 16.7. The second-order valence-electron chi connectivity index (χ2n) is 6.20. The fourth-order valence-corrected chi connectivity index (χ4v) is 2.75. The first-order valence-electron chi connectivity index (χ1n) is 7.87. The number of anilines is 2. The highest BCUT2D eigenvalue weighted by Gasteiger charge is 2.43. The highest BCUT2D eigenvalue weighted by Crippen LogP contribution is 2.36. The third kappa shape index (κ3) is 3.10. The number of amides is 2. The lowest BCUT2D eigenvalue weighted by atomic mass is 9.96. The molecule has 0 aromatic heterocycles. The summed E-state index contributed by atoms with van der Waals surface area (Å²) in [6, 6.07) is 15.5. The lowest BCUT2D eigenvalue weighted by Crippen LogP contribution is -2.59. The van der Waals surface area contributed by atoms with Crippen molar-refractivity contribution in [2.75, 3.05) is 16.8 Å². The van der Waals surface area contributed by atoms with Crippen LogP contribution in [0.1, 0.15) is 24.2 Å². The molecule has 0 atom stereocenters. The molecule has 0 fully saturated rings. The van der Waals surface area contributed by atoms with Gasteiger partial charge in [0.25, 0.3) is 5.91 Å². The topological polar surface area (TPSA) is 75.7 Å². The quantitative estimate of drug-likeness (QED) is 0.873. The van der Waals surface area contributed by atoms with E-state index in [4.69, 9.17) is 4.74 Å². The molecule has 128 valence electrons. The monoisotopic (exact) mass is 338 g/mol. The van der Waals surface area contributed by atoms with E-state index in [9.17, 15) is 14.4 Å². The second-order valence-corrected chi connectivity index (χ2v) is 6.20. The molecule has 2 aromatic carbocycles. The lowest BCUT2D eigenvalue weighted by molar-refractivity contribution is -0.128. The molecule has 0 unspecified atom stereocenters.